The molecule has 0 radical (unpaired) electrons. The van der Waals surface area contributed by atoms with Crippen molar-refractivity contribution in [3.63, 3.8) is 0 Å². The maximum Gasteiger partial charge on any atom is 0.210 e. The number of nitrogens with one attached hydrogen (secondary N) is 2. The summed E-state index contributed by atoms with van der Waals surface area (Å²) in [5.74, 6) is 7.08. The molecular weight excluding hydrogens is 264 g/mol. The van der Waals surface area contributed by atoms with Crippen LogP contribution < -0.4 is 21.3 Å². The highest BCUT2D eigenvalue weighted by Crippen LogP contribution is 2.21. The summed E-state index contributed by atoms with van der Waals surface area (Å²) in [5.41, 5.74) is 3.60. The highest BCUT2D eigenvalue weighted by atomic mass is 16.5. The van der Waals surface area contributed by atoms with Crippen LogP contribution in [0.4, 0.5) is 5.69 Å². The highest BCUT2D eigenvalue weighted by molar-refractivity contribution is 5.93. The Morgan fingerprint density at radius 2 is 1.95 bits per heavy atom. The van der Waals surface area contributed by atoms with Gasteiger partial charge < -0.3 is 10.1 Å². The van der Waals surface area contributed by atoms with Gasteiger partial charge in [-0.1, -0.05) is 26.2 Å². The number of benzene rings is 1. The number of aliphatic imine (C=N–C) groups is 1. The molecule has 1 aliphatic rings. The van der Waals surface area contributed by atoms with Crippen LogP contribution in [-0.4, -0.2) is 18.6 Å². The van der Waals surface area contributed by atoms with Crippen molar-refractivity contribution >= 4 is 11.6 Å². The van der Waals surface area contributed by atoms with Crippen LogP contribution in [0.3, 0.4) is 0 Å². The topological polar surface area (TPSA) is 71.7 Å². The lowest BCUT2D eigenvalue weighted by Crippen LogP contribution is -2.37. The fourth-order valence-electron chi connectivity index (χ4n) is 2.49. The van der Waals surface area contributed by atoms with E-state index >= 15 is 0 Å². The molecule has 1 fully saturated rings. The molecule has 0 aliphatic heterocycles. The van der Waals surface area contributed by atoms with Crippen LogP contribution in [0.1, 0.15) is 45.4 Å². The van der Waals surface area contributed by atoms with Crippen LogP contribution in [0.25, 0.3) is 0 Å². The predicted octanol–water partition coefficient (Wildman–Crippen LogP) is 3.04. The molecule has 0 heterocycles. The van der Waals surface area contributed by atoms with E-state index in [4.69, 9.17) is 10.6 Å². The Morgan fingerprint density at radius 3 is 2.57 bits per heavy atom. The second kappa shape index (κ2) is 8.52. The lowest BCUT2D eigenvalue weighted by Gasteiger charge is -2.19. The van der Waals surface area contributed by atoms with Gasteiger partial charge in [0, 0.05) is 5.69 Å². The second-order valence-corrected chi connectivity index (χ2v) is 5.41. The maximum atomic E-state index is 5.57. The van der Waals surface area contributed by atoms with Crippen LogP contribution >= 0.6 is 0 Å². The first kappa shape index (κ1) is 15.6. The van der Waals surface area contributed by atoms with Gasteiger partial charge >= 0.3 is 0 Å². The van der Waals surface area contributed by atoms with E-state index in [0.29, 0.717) is 12.0 Å². The first-order valence-electron chi connectivity index (χ1n) is 7.86. The molecule has 0 atom stereocenters. The molecule has 1 aromatic rings. The van der Waals surface area contributed by atoms with Crippen LogP contribution in [0, 0.1) is 0 Å². The zero-order valence-electron chi connectivity index (χ0n) is 12.8. The van der Waals surface area contributed by atoms with E-state index in [-0.39, 0.29) is 0 Å². The molecule has 1 aromatic carbocycles. The lowest BCUT2D eigenvalue weighted by molar-refractivity contribution is 0.317. The Bertz CT molecular complexity index is 438. The highest BCUT2D eigenvalue weighted by Gasteiger charge is 2.13. The van der Waals surface area contributed by atoms with Crippen molar-refractivity contribution in [2.24, 2.45) is 10.8 Å². The Labute approximate surface area is 126 Å². The number of guanidine groups is 1. The lowest BCUT2D eigenvalue weighted by atomic mass is 9.96. The molecule has 4 N–H and O–H groups in total. The Hall–Kier alpha value is -1.75. The molecule has 0 aromatic heterocycles. The van der Waals surface area contributed by atoms with E-state index in [0.717, 1.165) is 37.3 Å². The van der Waals surface area contributed by atoms with E-state index < -0.39 is 0 Å². The minimum absolute atomic E-state index is 0.379. The smallest absolute Gasteiger partial charge is 0.210 e. The normalized spacial score (nSPS) is 16.6. The molecule has 1 saturated carbocycles. The Kier molecular flexibility index (Phi) is 6.34. The van der Waals surface area contributed by atoms with E-state index in [1.807, 2.05) is 24.3 Å². The van der Waals surface area contributed by atoms with Crippen LogP contribution in [0.2, 0.25) is 0 Å². The summed E-state index contributed by atoms with van der Waals surface area (Å²) < 4.78 is 5.56. The van der Waals surface area contributed by atoms with E-state index in [9.17, 15) is 0 Å². The molecule has 0 bridgehead atoms. The average Bonchev–Trinajstić information content (AvgIpc) is 2.54. The predicted molar refractivity (Wildman–Crippen MR) is 87.5 cm³/mol. The van der Waals surface area contributed by atoms with Crippen molar-refractivity contribution in [1.82, 2.24) is 5.43 Å². The first-order valence-corrected chi connectivity index (χ1v) is 7.86. The zero-order valence-corrected chi connectivity index (χ0v) is 12.8. The Balaban J connectivity index is 1.92. The standard InChI is InChI=1S/C16H26N4O/c1-2-12-21-15-10-8-14(9-11-15)19-16(20-17)18-13-6-4-3-5-7-13/h8-11,13H,2-7,12,17H2,1H3,(H2,18,19,20). The van der Waals surface area contributed by atoms with Gasteiger partial charge in [-0.15, -0.1) is 0 Å². The number of anilines is 1. The van der Waals surface area contributed by atoms with Crippen LogP contribution in [0.5, 0.6) is 5.75 Å². The molecule has 0 saturated heterocycles. The summed E-state index contributed by atoms with van der Waals surface area (Å²) in [5, 5.41) is 3.22. The molecule has 0 amide bonds. The summed E-state index contributed by atoms with van der Waals surface area (Å²) in [6, 6.07) is 8.22. The van der Waals surface area contributed by atoms with Crippen LogP contribution in [-0.2, 0) is 0 Å². The summed E-state index contributed by atoms with van der Waals surface area (Å²) in [6.45, 7) is 2.84. The number of ether oxygens (including phenoxy) is 1. The fraction of sp³-hybridized carbons (Fsp3) is 0.562. The molecule has 5 heteroatoms. The van der Waals surface area contributed by atoms with Gasteiger partial charge in [0.2, 0.25) is 5.96 Å². The van der Waals surface area contributed by atoms with Crippen molar-refractivity contribution < 1.29 is 4.74 Å². The Morgan fingerprint density at radius 1 is 1.24 bits per heavy atom. The van der Waals surface area contributed by atoms with Gasteiger partial charge in [0.15, 0.2) is 0 Å². The molecule has 2 rings (SSSR count). The number of hydrogen-bond donors (Lipinski definition) is 3. The van der Waals surface area contributed by atoms with Gasteiger partial charge in [0.25, 0.3) is 0 Å². The molecule has 5 nitrogen and oxygen atoms in total. The maximum absolute atomic E-state index is 5.57. The van der Waals surface area contributed by atoms with E-state index in [1.54, 1.807) is 0 Å². The van der Waals surface area contributed by atoms with Crippen molar-refractivity contribution in [3.8, 4) is 5.75 Å². The van der Waals surface area contributed by atoms with Gasteiger partial charge in [-0.2, -0.15) is 0 Å². The minimum Gasteiger partial charge on any atom is -0.494 e. The third kappa shape index (κ3) is 5.27. The number of hydrogen-bond acceptors (Lipinski definition) is 3. The van der Waals surface area contributed by atoms with Crippen molar-refractivity contribution in [1.29, 1.82) is 0 Å². The van der Waals surface area contributed by atoms with Crippen LogP contribution in [0.15, 0.2) is 29.3 Å². The largest absolute Gasteiger partial charge is 0.494 e. The molecule has 1 aliphatic carbocycles. The molecular formula is C16H26N4O. The van der Waals surface area contributed by atoms with Gasteiger partial charge in [-0.25, -0.2) is 10.8 Å². The summed E-state index contributed by atoms with van der Waals surface area (Å²) in [6.07, 6.45) is 7.15. The number of rotatable bonds is 5. The minimum atomic E-state index is 0.379. The third-order valence-electron chi connectivity index (χ3n) is 3.61. The van der Waals surface area contributed by atoms with E-state index in [2.05, 4.69) is 22.7 Å². The van der Waals surface area contributed by atoms with Gasteiger partial charge in [-0.05, 0) is 43.5 Å². The molecule has 116 valence electrons. The average molecular weight is 290 g/mol. The summed E-state index contributed by atoms with van der Waals surface area (Å²) >= 11 is 0. The second-order valence-electron chi connectivity index (χ2n) is 5.41. The number of nitrogens with zero attached hydrogens (tertiary/aromatic N) is 1. The summed E-state index contributed by atoms with van der Waals surface area (Å²) in [7, 11) is 0. The molecule has 0 spiro atoms. The van der Waals surface area contributed by atoms with Crippen molar-refractivity contribution in [3.05, 3.63) is 24.3 Å². The first-order chi connectivity index (χ1) is 10.3. The summed E-state index contributed by atoms with van der Waals surface area (Å²) in [4.78, 5) is 4.66. The van der Waals surface area contributed by atoms with Gasteiger partial charge in [-0.3, -0.25) is 5.43 Å². The van der Waals surface area contributed by atoms with E-state index in [1.165, 1.54) is 19.3 Å². The van der Waals surface area contributed by atoms with Gasteiger partial charge in [0.1, 0.15) is 5.75 Å². The third-order valence-corrected chi connectivity index (χ3v) is 3.61. The zero-order chi connectivity index (χ0) is 14.9. The van der Waals surface area contributed by atoms with Crippen molar-refractivity contribution in [2.45, 2.75) is 51.5 Å². The SMILES string of the molecule is CCCOc1ccc(NC(=NC2CCCCC2)NN)cc1. The fourth-order valence-corrected chi connectivity index (χ4v) is 2.49. The number of nitrogens with two attached hydrogens (primary N) is 1. The molecule has 21 heavy (non-hydrogen) atoms. The van der Waals surface area contributed by atoms with Crippen molar-refractivity contribution in [2.75, 3.05) is 11.9 Å². The monoisotopic (exact) mass is 290 g/mol. The van der Waals surface area contributed by atoms with Gasteiger partial charge in [0.05, 0.1) is 12.6 Å². The quantitative estimate of drug-likeness (QED) is 0.337. The number of hydrazine groups is 1. The molecule has 0 unspecified atom stereocenters.